The van der Waals surface area contributed by atoms with E-state index in [0.717, 1.165) is 36.0 Å². The molecule has 0 spiro atoms. The highest BCUT2D eigenvalue weighted by Gasteiger charge is 2.11. The first kappa shape index (κ1) is 15.1. The molecule has 1 aromatic rings. The van der Waals surface area contributed by atoms with Gasteiger partial charge in [0, 0.05) is 24.4 Å². The zero-order valence-corrected chi connectivity index (χ0v) is 12.6. The van der Waals surface area contributed by atoms with Crippen molar-refractivity contribution >= 4 is 23.4 Å². The largest absolute Gasteiger partial charge is 0.373 e. The minimum Gasteiger partial charge on any atom is -0.373 e. The van der Waals surface area contributed by atoms with E-state index in [2.05, 4.69) is 41.4 Å². The van der Waals surface area contributed by atoms with Crippen LogP contribution >= 0.6 is 11.8 Å². The Labute approximate surface area is 114 Å². The molecule has 0 aliphatic rings. The van der Waals surface area contributed by atoms with E-state index in [9.17, 15) is 0 Å². The van der Waals surface area contributed by atoms with Gasteiger partial charge in [-0.3, -0.25) is 0 Å². The molecule has 0 aliphatic carbocycles. The average Bonchev–Trinajstić information content (AvgIpc) is 2.38. The fourth-order valence-electron chi connectivity index (χ4n) is 1.81. The van der Waals surface area contributed by atoms with Crippen LogP contribution in [0.25, 0.3) is 0 Å². The average molecular weight is 268 g/mol. The van der Waals surface area contributed by atoms with Gasteiger partial charge in [0.25, 0.3) is 0 Å². The van der Waals surface area contributed by atoms with Crippen LogP contribution < -0.4 is 10.6 Å². The van der Waals surface area contributed by atoms with Gasteiger partial charge >= 0.3 is 0 Å². The molecule has 0 fully saturated rings. The van der Waals surface area contributed by atoms with Crippen molar-refractivity contribution in [3.8, 4) is 0 Å². The van der Waals surface area contributed by atoms with Crippen LogP contribution in [0, 0.1) is 0 Å². The standard InChI is InChI=1S/C13H24N4S/c1-5-7-11-12(14-4)15-9-16-13(11)17-10(3)8-18-6-2/h9-10H,5-8H2,1-4H3,(H2,14,15,16,17). The van der Waals surface area contributed by atoms with E-state index in [4.69, 9.17) is 0 Å². The molecule has 1 atom stereocenters. The van der Waals surface area contributed by atoms with E-state index in [1.54, 1.807) is 6.33 Å². The Morgan fingerprint density at radius 1 is 1.28 bits per heavy atom. The second-order valence-electron chi connectivity index (χ2n) is 4.25. The molecule has 0 bridgehead atoms. The van der Waals surface area contributed by atoms with Gasteiger partial charge < -0.3 is 10.6 Å². The zero-order chi connectivity index (χ0) is 13.4. The molecular weight excluding hydrogens is 244 g/mol. The van der Waals surface area contributed by atoms with Gasteiger partial charge in [-0.25, -0.2) is 9.97 Å². The van der Waals surface area contributed by atoms with Gasteiger partial charge in [0.05, 0.1) is 0 Å². The Balaban J connectivity index is 2.79. The van der Waals surface area contributed by atoms with Crippen molar-refractivity contribution in [3.63, 3.8) is 0 Å². The lowest BCUT2D eigenvalue weighted by Crippen LogP contribution is -2.20. The molecule has 5 heteroatoms. The molecular formula is C13H24N4S. The highest BCUT2D eigenvalue weighted by Crippen LogP contribution is 2.22. The Morgan fingerprint density at radius 3 is 2.61 bits per heavy atom. The Bertz CT molecular complexity index is 357. The zero-order valence-electron chi connectivity index (χ0n) is 11.8. The Hall–Kier alpha value is -0.970. The van der Waals surface area contributed by atoms with Crippen LogP contribution in [0.2, 0.25) is 0 Å². The minimum atomic E-state index is 0.421. The summed E-state index contributed by atoms with van der Waals surface area (Å²) in [7, 11) is 1.90. The number of thioether (sulfide) groups is 1. The first-order valence-electron chi connectivity index (χ1n) is 6.58. The van der Waals surface area contributed by atoms with Crippen LogP contribution in [-0.4, -0.2) is 34.6 Å². The second kappa shape index (κ2) is 8.19. The van der Waals surface area contributed by atoms with E-state index in [0.29, 0.717) is 6.04 Å². The number of nitrogens with zero attached hydrogens (tertiary/aromatic N) is 2. The molecule has 0 aliphatic heterocycles. The van der Waals surface area contributed by atoms with Crippen LogP contribution in [0.1, 0.15) is 32.8 Å². The summed E-state index contributed by atoms with van der Waals surface area (Å²) in [4.78, 5) is 8.66. The van der Waals surface area contributed by atoms with Gasteiger partial charge in [0.1, 0.15) is 18.0 Å². The van der Waals surface area contributed by atoms with Crippen LogP contribution in [-0.2, 0) is 6.42 Å². The van der Waals surface area contributed by atoms with Crippen molar-refractivity contribution < 1.29 is 0 Å². The van der Waals surface area contributed by atoms with E-state index in [-0.39, 0.29) is 0 Å². The summed E-state index contributed by atoms with van der Waals surface area (Å²) in [5.74, 6) is 4.16. The quantitative estimate of drug-likeness (QED) is 0.759. The normalized spacial score (nSPS) is 12.2. The van der Waals surface area contributed by atoms with E-state index < -0.39 is 0 Å². The van der Waals surface area contributed by atoms with Gasteiger partial charge in [-0.05, 0) is 19.1 Å². The van der Waals surface area contributed by atoms with E-state index in [1.807, 2.05) is 18.8 Å². The van der Waals surface area contributed by atoms with Crippen molar-refractivity contribution in [1.29, 1.82) is 0 Å². The highest BCUT2D eigenvalue weighted by molar-refractivity contribution is 7.99. The Morgan fingerprint density at radius 2 is 2.00 bits per heavy atom. The summed E-state index contributed by atoms with van der Waals surface area (Å²) < 4.78 is 0. The van der Waals surface area contributed by atoms with Crippen LogP contribution in [0.5, 0.6) is 0 Å². The molecule has 0 saturated carbocycles. The number of hydrogen-bond donors (Lipinski definition) is 2. The summed E-state index contributed by atoms with van der Waals surface area (Å²) in [6.07, 6.45) is 3.70. The smallest absolute Gasteiger partial charge is 0.134 e. The predicted octanol–water partition coefficient (Wildman–Crippen LogP) is 3.02. The van der Waals surface area contributed by atoms with Crippen molar-refractivity contribution in [2.45, 2.75) is 39.7 Å². The van der Waals surface area contributed by atoms with E-state index >= 15 is 0 Å². The molecule has 2 N–H and O–H groups in total. The van der Waals surface area contributed by atoms with Crippen LogP contribution in [0.3, 0.4) is 0 Å². The van der Waals surface area contributed by atoms with Gasteiger partial charge in [-0.1, -0.05) is 20.3 Å². The van der Waals surface area contributed by atoms with Crippen LogP contribution in [0.4, 0.5) is 11.6 Å². The molecule has 1 rings (SSSR count). The number of nitrogens with one attached hydrogen (secondary N) is 2. The third-order valence-electron chi connectivity index (χ3n) is 2.64. The van der Waals surface area contributed by atoms with Gasteiger partial charge in [-0.2, -0.15) is 11.8 Å². The number of anilines is 2. The lowest BCUT2D eigenvalue weighted by atomic mass is 10.1. The molecule has 1 heterocycles. The molecule has 1 aromatic heterocycles. The summed E-state index contributed by atoms with van der Waals surface area (Å²) in [6, 6.07) is 0.421. The molecule has 0 aromatic carbocycles. The first-order chi connectivity index (χ1) is 8.72. The molecule has 4 nitrogen and oxygen atoms in total. The minimum absolute atomic E-state index is 0.421. The third-order valence-corrected chi connectivity index (χ3v) is 3.78. The van der Waals surface area contributed by atoms with Crippen molar-refractivity contribution in [2.75, 3.05) is 29.2 Å². The van der Waals surface area contributed by atoms with E-state index in [1.165, 1.54) is 5.56 Å². The number of hydrogen-bond acceptors (Lipinski definition) is 5. The monoisotopic (exact) mass is 268 g/mol. The maximum atomic E-state index is 4.38. The Kier molecular flexibility index (Phi) is 6.86. The summed E-state index contributed by atoms with van der Waals surface area (Å²) in [6.45, 7) is 6.55. The third kappa shape index (κ3) is 4.37. The fourth-order valence-corrected chi connectivity index (χ4v) is 2.48. The predicted molar refractivity (Wildman–Crippen MR) is 81.7 cm³/mol. The molecule has 102 valence electrons. The molecule has 1 unspecified atom stereocenters. The van der Waals surface area contributed by atoms with Crippen molar-refractivity contribution in [3.05, 3.63) is 11.9 Å². The van der Waals surface area contributed by atoms with Crippen molar-refractivity contribution in [2.24, 2.45) is 0 Å². The maximum Gasteiger partial charge on any atom is 0.134 e. The summed E-state index contributed by atoms with van der Waals surface area (Å²) >= 11 is 1.94. The maximum absolute atomic E-state index is 4.38. The molecule has 0 saturated heterocycles. The SMILES string of the molecule is CCCc1c(NC)ncnc1NC(C)CSCC. The topological polar surface area (TPSA) is 49.8 Å². The summed E-state index contributed by atoms with van der Waals surface area (Å²) in [5.41, 5.74) is 1.19. The van der Waals surface area contributed by atoms with Gasteiger partial charge in [-0.15, -0.1) is 0 Å². The summed E-state index contributed by atoms with van der Waals surface area (Å²) in [5, 5.41) is 6.63. The lowest BCUT2D eigenvalue weighted by Gasteiger charge is -2.18. The van der Waals surface area contributed by atoms with Gasteiger partial charge in [0.2, 0.25) is 0 Å². The number of aromatic nitrogens is 2. The first-order valence-corrected chi connectivity index (χ1v) is 7.74. The fraction of sp³-hybridized carbons (Fsp3) is 0.692. The van der Waals surface area contributed by atoms with Gasteiger partial charge in [0.15, 0.2) is 0 Å². The van der Waals surface area contributed by atoms with Crippen molar-refractivity contribution in [1.82, 2.24) is 9.97 Å². The highest BCUT2D eigenvalue weighted by atomic mass is 32.2. The van der Waals surface area contributed by atoms with Crippen LogP contribution in [0.15, 0.2) is 6.33 Å². The second-order valence-corrected chi connectivity index (χ2v) is 5.57. The molecule has 18 heavy (non-hydrogen) atoms. The lowest BCUT2D eigenvalue weighted by molar-refractivity contribution is 0.864. The molecule has 0 radical (unpaired) electrons. The number of rotatable bonds is 8. The molecule has 0 amide bonds.